The highest BCUT2D eigenvalue weighted by atomic mass is 32.2. The van der Waals surface area contributed by atoms with Gasteiger partial charge in [0.1, 0.15) is 0 Å². The van der Waals surface area contributed by atoms with Crippen LogP contribution in [0.3, 0.4) is 0 Å². The molecule has 0 radical (unpaired) electrons. The summed E-state index contributed by atoms with van der Waals surface area (Å²) < 4.78 is 0. The Bertz CT molecular complexity index is 451. The molecular weight excluding hydrogens is 232 g/mol. The Morgan fingerprint density at radius 3 is 2.62 bits per heavy atom. The van der Waals surface area contributed by atoms with E-state index in [1.807, 2.05) is 12.1 Å². The van der Waals surface area contributed by atoms with Gasteiger partial charge in [0.2, 0.25) is 0 Å². The molecule has 0 bridgehead atoms. The fraction of sp³-hybridized carbons (Fsp3) is 0.143. The quantitative estimate of drug-likeness (QED) is 0.720. The standard InChI is InChI=1S/C14H12S2/c1-2-13(14-9-6-10-15-14)16-11-12-7-4-3-5-8-12/h1,3-10,13H,11H2. The van der Waals surface area contributed by atoms with Crippen LogP contribution in [0.1, 0.15) is 15.7 Å². The molecule has 1 heterocycles. The zero-order valence-electron chi connectivity index (χ0n) is 8.80. The van der Waals surface area contributed by atoms with E-state index < -0.39 is 0 Å². The largest absolute Gasteiger partial charge is 0.147 e. The van der Waals surface area contributed by atoms with Crippen LogP contribution < -0.4 is 0 Å². The Labute approximate surface area is 105 Å². The summed E-state index contributed by atoms with van der Waals surface area (Å²) in [6, 6.07) is 14.6. The number of thioether (sulfide) groups is 1. The fourth-order valence-electron chi connectivity index (χ4n) is 1.41. The lowest BCUT2D eigenvalue weighted by Crippen LogP contribution is -1.88. The van der Waals surface area contributed by atoms with E-state index in [4.69, 9.17) is 6.42 Å². The average molecular weight is 244 g/mol. The minimum Gasteiger partial charge on any atom is -0.147 e. The molecule has 0 aliphatic rings. The Morgan fingerprint density at radius 2 is 2.00 bits per heavy atom. The third-order valence-electron chi connectivity index (χ3n) is 2.21. The average Bonchev–Trinajstić information content (AvgIpc) is 2.85. The zero-order valence-corrected chi connectivity index (χ0v) is 10.4. The van der Waals surface area contributed by atoms with Crippen LogP contribution in [0.5, 0.6) is 0 Å². The second kappa shape index (κ2) is 5.79. The molecule has 0 amide bonds. The van der Waals surface area contributed by atoms with Gasteiger partial charge in [0, 0.05) is 10.6 Å². The highest BCUT2D eigenvalue weighted by Gasteiger charge is 2.09. The third-order valence-corrected chi connectivity index (χ3v) is 4.52. The van der Waals surface area contributed by atoms with Crippen molar-refractivity contribution in [2.24, 2.45) is 0 Å². The molecular formula is C14H12S2. The van der Waals surface area contributed by atoms with Crippen LogP contribution in [-0.2, 0) is 5.75 Å². The van der Waals surface area contributed by atoms with Crippen LogP contribution in [0.25, 0.3) is 0 Å². The molecule has 0 saturated heterocycles. The fourth-order valence-corrected chi connectivity index (χ4v) is 3.33. The maximum absolute atomic E-state index is 5.56. The summed E-state index contributed by atoms with van der Waals surface area (Å²) in [5, 5.41) is 2.25. The highest BCUT2D eigenvalue weighted by Crippen LogP contribution is 2.33. The molecule has 16 heavy (non-hydrogen) atoms. The molecule has 0 saturated carbocycles. The van der Waals surface area contributed by atoms with Crippen molar-refractivity contribution >= 4 is 23.1 Å². The van der Waals surface area contributed by atoms with E-state index in [9.17, 15) is 0 Å². The molecule has 1 aromatic heterocycles. The number of terminal acetylenes is 1. The van der Waals surface area contributed by atoms with Crippen molar-refractivity contribution in [2.45, 2.75) is 11.0 Å². The van der Waals surface area contributed by atoms with Crippen LogP contribution in [0.2, 0.25) is 0 Å². The predicted octanol–water partition coefficient (Wildman–Crippen LogP) is 4.36. The molecule has 0 fully saturated rings. The van der Waals surface area contributed by atoms with E-state index in [0.29, 0.717) is 0 Å². The lowest BCUT2D eigenvalue weighted by Gasteiger charge is -2.08. The van der Waals surface area contributed by atoms with Gasteiger partial charge in [-0.15, -0.1) is 29.5 Å². The summed E-state index contributed by atoms with van der Waals surface area (Å²) in [7, 11) is 0. The van der Waals surface area contributed by atoms with Crippen molar-refractivity contribution < 1.29 is 0 Å². The van der Waals surface area contributed by atoms with Crippen LogP contribution in [0, 0.1) is 12.3 Å². The van der Waals surface area contributed by atoms with Gasteiger partial charge in [-0.3, -0.25) is 0 Å². The number of benzene rings is 1. The monoisotopic (exact) mass is 244 g/mol. The van der Waals surface area contributed by atoms with Crippen molar-refractivity contribution in [1.29, 1.82) is 0 Å². The number of hydrogen-bond donors (Lipinski definition) is 0. The van der Waals surface area contributed by atoms with Crippen LogP contribution in [-0.4, -0.2) is 0 Å². The number of hydrogen-bond acceptors (Lipinski definition) is 2. The lowest BCUT2D eigenvalue weighted by molar-refractivity contribution is 1.32. The Morgan fingerprint density at radius 1 is 1.19 bits per heavy atom. The van der Waals surface area contributed by atoms with Gasteiger partial charge in [-0.2, -0.15) is 0 Å². The lowest BCUT2D eigenvalue weighted by atomic mass is 10.2. The van der Waals surface area contributed by atoms with E-state index in [2.05, 4.69) is 41.6 Å². The molecule has 80 valence electrons. The van der Waals surface area contributed by atoms with Crippen molar-refractivity contribution in [2.75, 3.05) is 0 Å². The third kappa shape index (κ3) is 2.91. The molecule has 2 rings (SSSR count). The Balaban J connectivity index is 1.97. The minimum absolute atomic E-state index is 0.181. The molecule has 0 N–H and O–H groups in total. The van der Waals surface area contributed by atoms with Gasteiger partial charge in [0.25, 0.3) is 0 Å². The van der Waals surface area contributed by atoms with E-state index in [1.54, 1.807) is 23.1 Å². The summed E-state index contributed by atoms with van der Waals surface area (Å²) in [6.45, 7) is 0. The Kier molecular flexibility index (Phi) is 4.10. The number of thiophene rings is 1. The summed E-state index contributed by atoms with van der Waals surface area (Å²) in [6.07, 6.45) is 5.56. The molecule has 0 nitrogen and oxygen atoms in total. The van der Waals surface area contributed by atoms with Gasteiger partial charge in [-0.25, -0.2) is 0 Å². The first kappa shape index (κ1) is 11.3. The van der Waals surface area contributed by atoms with Crippen LogP contribution >= 0.6 is 23.1 Å². The van der Waals surface area contributed by atoms with Crippen molar-refractivity contribution in [3.8, 4) is 12.3 Å². The molecule has 1 unspecified atom stereocenters. The normalized spacial score (nSPS) is 11.9. The second-order valence-corrected chi connectivity index (χ2v) is 5.43. The minimum atomic E-state index is 0.181. The van der Waals surface area contributed by atoms with Crippen molar-refractivity contribution in [3.05, 3.63) is 58.3 Å². The molecule has 1 aromatic carbocycles. The van der Waals surface area contributed by atoms with Crippen LogP contribution in [0.15, 0.2) is 47.8 Å². The first-order valence-electron chi connectivity index (χ1n) is 5.05. The molecule has 0 spiro atoms. The molecule has 2 heteroatoms. The van der Waals surface area contributed by atoms with E-state index in [1.165, 1.54) is 10.4 Å². The van der Waals surface area contributed by atoms with Gasteiger partial charge in [0.15, 0.2) is 0 Å². The molecule has 0 aliphatic heterocycles. The van der Waals surface area contributed by atoms with E-state index >= 15 is 0 Å². The zero-order chi connectivity index (χ0) is 11.2. The highest BCUT2D eigenvalue weighted by molar-refractivity contribution is 7.99. The van der Waals surface area contributed by atoms with Gasteiger partial charge in [0.05, 0.1) is 5.25 Å². The molecule has 0 aliphatic carbocycles. The SMILES string of the molecule is C#CC(SCc1ccccc1)c1cccs1. The summed E-state index contributed by atoms with van der Waals surface area (Å²) in [4.78, 5) is 1.27. The summed E-state index contributed by atoms with van der Waals surface area (Å²) in [5.41, 5.74) is 1.32. The first-order valence-corrected chi connectivity index (χ1v) is 6.98. The van der Waals surface area contributed by atoms with Gasteiger partial charge in [-0.05, 0) is 17.0 Å². The van der Waals surface area contributed by atoms with Crippen molar-refractivity contribution in [1.82, 2.24) is 0 Å². The maximum Gasteiger partial charge on any atom is 0.0998 e. The van der Waals surface area contributed by atoms with E-state index in [0.717, 1.165) is 5.75 Å². The topological polar surface area (TPSA) is 0 Å². The smallest absolute Gasteiger partial charge is 0.0998 e. The van der Waals surface area contributed by atoms with E-state index in [-0.39, 0.29) is 5.25 Å². The summed E-state index contributed by atoms with van der Waals surface area (Å²) in [5.74, 6) is 3.81. The Hall–Kier alpha value is -1.17. The first-order chi connectivity index (χ1) is 7.90. The molecule has 2 aromatic rings. The van der Waals surface area contributed by atoms with Gasteiger partial charge < -0.3 is 0 Å². The van der Waals surface area contributed by atoms with Crippen molar-refractivity contribution in [3.63, 3.8) is 0 Å². The van der Waals surface area contributed by atoms with Gasteiger partial charge >= 0.3 is 0 Å². The number of rotatable bonds is 4. The molecule has 1 atom stereocenters. The second-order valence-electron chi connectivity index (χ2n) is 3.36. The van der Waals surface area contributed by atoms with Gasteiger partial charge in [-0.1, -0.05) is 42.3 Å². The summed E-state index contributed by atoms with van der Waals surface area (Å²) >= 11 is 3.53. The van der Waals surface area contributed by atoms with Crippen LogP contribution in [0.4, 0.5) is 0 Å². The predicted molar refractivity (Wildman–Crippen MR) is 73.6 cm³/mol. The maximum atomic E-state index is 5.56.